The maximum absolute atomic E-state index is 12.6. The Morgan fingerprint density at radius 2 is 1.93 bits per heavy atom. The van der Waals surface area contributed by atoms with E-state index >= 15 is 0 Å². The summed E-state index contributed by atoms with van der Waals surface area (Å²) in [5.41, 5.74) is 1.05. The van der Waals surface area contributed by atoms with Gasteiger partial charge in [0.1, 0.15) is 0 Å². The third kappa shape index (κ3) is 6.29. The number of nitrogens with one attached hydrogen (secondary N) is 1. The number of hydrogen-bond donors (Lipinski definition) is 2. The Morgan fingerprint density at radius 3 is 2.63 bits per heavy atom. The maximum Gasteiger partial charge on any atom is 0.303 e. The fourth-order valence-electron chi connectivity index (χ4n) is 4.95. The molecule has 4 atom stereocenters. The van der Waals surface area contributed by atoms with Crippen molar-refractivity contribution in [2.45, 2.75) is 56.8 Å². The SMILES string of the molecule is Cc1ccc(S(=O)(=O)NCC2CC3CCC2C(/C=C/C=C/CCCC(=O)O)C3)cc1. The average Bonchev–Trinajstić information content (AvgIpc) is 2.72. The number of sulfonamides is 1. The van der Waals surface area contributed by atoms with Crippen molar-refractivity contribution >= 4 is 16.0 Å². The Kier molecular flexibility index (Phi) is 7.89. The highest BCUT2D eigenvalue weighted by Crippen LogP contribution is 2.48. The van der Waals surface area contributed by atoms with Crippen LogP contribution in [0, 0.1) is 30.6 Å². The number of carboxylic acids is 1. The van der Waals surface area contributed by atoms with E-state index in [0.29, 0.717) is 41.5 Å². The first-order valence-corrected chi connectivity index (χ1v) is 12.4. The van der Waals surface area contributed by atoms with Crippen LogP contribution in [-0.4, -0.2) is 26.0 Å². The number of carboxylic acid groups (broad SMARTS) is 1. The molecule has 0 radical (unpaired) electrons. The van der Waals surface area contributed by atoms with Gasteiger partial charge in [0.15, 0.2) is 0 Å². The molecule has 4 unspecified atom stereocenters. The van der Waals surface area contributed by atoms with Gasteiger partial charge >= 0.3 is 5.97 Å². The summed E-state index contributed by atoms with van der Waals surface area (Å²) in [5, 5.41) is 8.66. The molecule has 1 aromatic rings. The van der Waals surface area contributed by atoms with Crippen LogP contribution in [0.5, 0.6) is 0 Å². The zero-order chi connectivity index (χ0) is 21.6. The highest BCUT2D eigenvalue weighted by Gasteiger charge is 2.41. The lowest BCUT2D eigenvalue weighted by Crippen LogP contribution is -2.43. The van der Waals surface area contributed by atoms with Crippen LogP contribution in [-0.2, 0) is 14.8 Å². The standard InChI is InChI=1S/C24H33NO4S/c1-18-9-12-22(13-10-18)30(28,29)25-17-21-16-19-11-14-23(21)20(15-19)7-5-3-2-4-6-8-24(26)27/h2-3,5,7,9-10,12-13,19-21,23,25H,4,6,8,11,14-17H2,1H3,(H,26,27)/b3-2+,7-5+. The zero-order valence-corrected chi connectivity index (χ0v) is 18.5. The van der Waals surface area contributed by atoms with Gasteiger partial charge in [-0.15, -0.1) is 0 Å². The molecule has 0 saturated heterocycles. The molecule has 0 aliphatic heterocycles. The van der Waals surface area contributed by atoms with Crippen LogP contribution in [0.1, 0.15) is 50.5 Å². The Labute approximate surface area is 180 Å². The van der Waals surface area contributed by atoms with Crippen LogP contribution >= 0.6 is 0 Å². The molecule has 30 heavy (non-hydrogen) atoms. The van der Waals surface area contributed by atoms with Crippen LogP contribution in [0.4, 0.5) is 0 Å². The molecule has 0 amide bonds. The second-order valence-corrected chi connectivity index (χ2v) is 10.5. The van der Waals surface area contributed by atoms with Gasteiger partial charge in [-0.25, -0.2) is 13.1 Å². The highest BCUT2D eigenvalue weighted by molar-refractivity contribution is 7.89. The van der Waals surface area contributed by atoms with Crippen molar-refractivity contribution < 1.29 is 18.3 Å². The molecule has 6 heteroatoms. The number of benzene rings is 1. The van der Waals surface area contributed by atoms with E-state index < -0.39 is 16.0 Å². The van der Waals surface area contributed by atoms with E-state index in [2.05, 4.69) is 16.9 Å². The van der Waals surface area contributed by atoms with Gasteiger partial charge in [-0.2, -0.15) is 0 Å². The lowest BCUT2D eigenvalue weighted by Gasteiger charge is -2.47. The van der Waals surface area contributed by atoms with Gasteiger partial charge in [-0.1, -0.05) is 48.4 Å². The normalized spacial score (nSPS) is 26.6. The van der Waals surface area contributed by atoms with Gasteiger partial charge in [-0.3, -0.25) is 4.79 Å². The Morgan fingerprint density at radius 1 is 1.17 bits per heavy atom. The van der Waals surface area contributed by atoms with Crippen LogP contribution in [0.25, 0.3) is 0 Å². The van der Waals surface area contributed by atoms with Gasteiger partial charge in [0.2, 0.25) is 10.0 Å². The molecule has 5 nitrogen and oxygen atoms in total. The Hall–Kier alpha value is -1.92. The number of rotatable bonds is 10. The number of allylic oxidation sites excluding steroid dienone is 4. The number of aryl methyl sites for hydroxylation is 1. The first kappa shape index (κ1) is 22.8. The topological polar surface area (TPSA) is 83.5 Å². The minimum atomic E-state index is -3.47. The molecular formula is C24H33NO4S. The molecule has 0 aromatic heterocycles. The zero-order valence-electron chi connectivity index (χ0n) is 17.7. The second-order valence-electron chi connectivity index (χ2n) is 8.77. The summed E-state index contributed by atoms with van der Waals surface area (Å²) in [6, 6.07) is 6.98. The lowest BCUT2D eigenvalue weighted by atomic mass is 9.59. The van der Waals surface area contributed by atoms with Crippen molar-refractivity contribution in [3.05, 3.63) is 54.1 Å². The number of fused-ring (bicyclic) bond motifs is 3. The van der Waals surface area contributed by atoms with Crippen LogP contribution in [0.15, 0.2) is 53.5 Å². The van der Waals surface area contributed by atoms with Crippen molar-refractivity contribution in [1.29, 1.82) is 0 Å². The summed E-state index contributed by atoms with van der Waals surface area (Å²) in [6.07, 6.45) is 14.7. The molecule has 3 aliphatic carbocycles. The molecule has 3 fully saturated rings. The molecule has 3 saturated carbocycles. The van der Waals surface area contributed by atoms with Gasteiger partial charge in [-0.05, 0) is 74.8 Å². The smallest absolute Gasteiger partial charge is 0.303 e. The second kappa shape index (κ2) is 10.4. The minimum absolute atomic E-state index is 0.209. The van der Waals surface area contributed by atoms with E-state index in [1.807, 2.05) is 31.2 Å². The first-order valence-electron chi connectivity index (χ1n) is 11.0. The quantitative estimate of drug-likeness (QED) is 0.416. The van der Waals surface area contributed by atoms with Gasteiger partial charge in [0.05, 0.1) is 4.90 Å². The molecule has 2 bridgehead atoms. The van der Waals surface area contributed by atoms with Crippen molar-refractivity contribution in [1.82, 2.24) is 4.72 Å². The number of hydrogen-bond acceptors (Lipinski definition) is 3. The van der Waals surface area contributed by atoms with Crippen LogP contribution in [0.3, 0.4) is 0 Å². The molecule has 2 N–H and O–H groups in total. The first-order chi connectivity index (χ1) is 14.3. The summed E-state index contributed by atoms with van der Waals surface area (Å²) >= 11 is 0. The number of carbonyl (C=O) groups is 1. The Balaban J connectivity index is 1.53. The molecule has 0 spiro atoms. The van der Waals surface area contributed by atoms with Crippen molar-refractivity contribution in [3.8, 4) is 0 Å². The fraction of sp³-hybridized carbons (Fsp3) is 0.542. The molecule has 164 valence electrons. The van der Waals surface area contributed by atoms with Gasteiger partial charge < -0.3 is 5.11 Å². The van der Waals surface area contributed by atoms with E-state index in [0.717, 1.165) is 18.4 Å². The van der Waals surface area contributed by atoms with Gasteiger partial charge in [0, 0.05) is 13.0 Å². The summed E-state index contributed by atoms with van der Waals surface area (Å²) in [4.78, 5) is 10.9. The fourth-order valence-corrected chi connectivity index (χ4v) is 6.04. The predicted molar refractivity (Wildman–Crippen MR) is 119 cm³/mol. The molecule has 3 aliphatic rings. The maximum atomic E-state index is 12.6. The van der Waals surface area contributed by atoms with Crippen LogP contribution in [0.2, 0.25) is 0 Å². The number of aliphatic carboxylic acids is 1. The van der Waals surface area contributed by atoms with E-state index in [1.165, 1.54) is 19.3 Å². The molecular weight excluding hydrogens is 398 g/mol. The van der Waals surface area contributed by atoms with Gasteiger partial charge in [0.25, 0.3) is 0 Å². The van der Waals surface area contributed by atoms with E-state index in [4.69, 9.17) is 5.11 Å². The van der Waals surface area contributed by atoms with Crippen molar-refractivity contribution in [2.24, 2.45) is 23.7 Å². The predicted octanol–water partition coefficient (Wildman–Crippen LogP) is 4.69. The van der Waals surface area contributed by atoms with Crippen molar-refractivity contribution in [3.63, 3.8) is 0 Å². The third-order valence-electron chi connectivity index (χ3n) is 6.54. The summed E-state index contributed by atoms with van der Waals surface area (Å²) < 4.78 is 28.1. The summed E-state index contributed by atoms with van der Waals surface area (Å²) in [5.74, 6) is 1.33. The van der Waals surface area contributed by atoms with E-state index in [9.17, 15) is 13.2 Å². The molecule has 1 aromatic carbocycles. The lowest BCUT2D eigenvalue weighted by molar-refractivity contribution is -0.137. The van der Waals surface area contributed by atoms with E-state index in [1.54, 1.807) is 12.1 Å². The third-order valence-corrected chi connectivity index (χ3v) is 7.98. The summed E-state index contributed by atoms with van der Waals surface area (Å²) in [6.45, 7) is 2.45. The summed E-state index contributed by atoms with van der Waals surface area (Å²) in [7, 11) is -3.47. The number of unbranched alkanes of at least 4 members (excludes halogenated alkanes) is 1. The monoisotopic (exact) mass is 431 g/mol. The highest BCUT2D eigenvalue weighted by atomic mass is 32.2. The van der Waals surface area contributed by atoms with Crippen molar-refractivity contribution in [2.75, 3.05) is 6.54 Å². The Bertz CT molecular complexity index is 873. The minimum Gasteiger partial charge on any atom is -0.481 e. The van der Waals surface area contributed by atoms with E-state index in [-0.39, 0.29) is 6.42 Å². The largest absolute Gasteiger partial charge is 0.481 e. The van der Waals surface area contributed by atoms with Crippen LogP contribution < -0.4 is 4.72 Å². The average molecular weight is 432 g/mol. The molecule has 0 heterocycles. The molecule has 4 rings (SSSR count).